The number of carbonyl (C=O) groups excluding carboxylic acids is 2. The summed E-state index contributed by atoms with van der Waals surface area (Å²) in [6.07, 6.45) is 2.84. The molecular formula is C15H14N2O4. The maximum absolute atomic E-state index is 12.0. The normalized spacial score (nSPS) is 14.6. The SMILES string of the molecule is C[C@@H](NC(=O)c1ccoc1)c1ccc2c(c1)NC(=O)CO2. The van der Waals surface area contributed by atoms with Crippen molar-refractivity contribution in [1.29, 1.82) is 0 Å². The Morgan fingerprint density at radius 2 is 2.24 bits per heavy atom. The Hall–Kier alpha value is -2.76. The Morgan fingerprint density at radius 3 is 3.00 bits per heavy atom. The zero-order valence-electron chi connectivity index (χ0n) is 11.4. The average molecular weight is 286 g/mol. The molecular weight excluding hydrogens is 272 g/mol. The number of hydrogen-bond donors (Lipinski definition) is 2. The van der Waals surface area contributed by atoms with Crippen molar-refractivity contribution in [2.45, 2.75) is 13.0 Å². The number of nitrogens with one attached hydrogen (secondary N) is 2. The first-order valence-electron chi connectivity index (χ1n) is 6.53. The second-order valence-corrected chi connectivity index (χ2v) is 4.80. The van der Waals surface area contributed by atoms with E-state index in [1.54, 1.807) is 18.2 Å². The lowest BCUT2D eigenvalue weighted by atomic mass is 10.1. The molecule has 1 aromatic carbocycles. The summed E-state index contributed by atoms with van der Waals surface area (Å²) in [4.78, 5) is 23.3. The van der Waals surface area contributed by atoms with Crippen molar-refractivity contribution in [2.75, 3.05) is 11.9 Å². The van der Waals surface area contributed by atoms with Gasteiger partial charge in [-0.25, -0.2) is 0 Å². The van der Waals surface area contributed by atoms with Crippen molar-refractivity contribution in [3.63, 3.8) is 0 Å². The molecule has 1 aliphatic heterocycles. The van der Waals surface area contributed by atoms with Crippen molar-refractivity contribution < 1.29 is 18.7 Å². The van der Waals surface area contributed by atoms with E-state index in [9.17, 15) is 9.59 Å². The van der Waals surface area contributed by atoms with Gasteiger partial charge in [0.2, 0.25) is 0 Å². The van der Waals surface area contributed by atoms with Gasteiger partial charge in [-0.2, -0.15) is 0 Å². The molecule has 0 radical (unpaired) electrons. The summed E-state index contributed by atoms with van der Waals surface area (Å²) in [5.74, 6) is 0.232. The smallest absolute Gasteiger partial charge is 0.262 e. The summed E-state index contributed by atoms with van der Waals surface area (Å²) in [5, 5.41) is 5.61. The van der Waals surface area contributed by atoms with E-state index in [0.29, 0.717) is 17.0 Å². The number of benzene rings is 1. The minimum atomic E-state index is -0.214. The van der Waals surface area contributed by atoms with Crippen LogP contribution in [0.2, 0.25) is 0 Å². The van der Waals surface area contributed by atoms with Crippen molar-refractivity contribution in [2.24, 2.45) is 0 Å². The number of rotatable bonds is 3. The summed E-state index contributed by atoms with van der Waals surface area (Å²) < 4.78 is 10.2. The monoisotopic (exact) mass is 286 g/mol. The largest absolute Gasteiger partial charge is 0.482 e. The molecule has 0 spiro atoms. The van der Waals surface area contributed by atoms with Gasteiger partial charge in [0.15, 0.2) is 6.61 Å². The second-order valence-electron chi connectivity index (χ2n) is 4.80. The predicted molar refractivity (Wildman–Crippen MR) is 75.2 cm³/mol. The molecule has 108 valence electrons. The van der Waals surface area contributed by atoms with E-state index >= 15 is 0 Å². The first-order chi connectivity index (χ1) is 10.1. The summed E-state index contributed by atoms with van der Waals surface area (Å²) in [5.41, 5.74) is 1.96. The zero-order chi connectivity index (χ0) is 14.8. The molecule has 0 aliphatic carbocycles. The molecule has 3 rings (SSSR count). The highest BCUT2D eigenvalue weighted by molar-refractivity contribution is 5.96. The van der Waals surface area contributed by atoms with E-state index < -0.39 is 0 Å². The highest BCUT2D eigenvalue weighted by atomic mass is 16.5. The van der Waals surface area contributed by atoms with Crippen LogP contribution < -0.4 is 15.4 Å². The Balaban J connectivity index is 1.76. The molecule has 0 saturated heterocycles. The van der Waals surface area contributed by atoms with Gasteiger partial charge in [0.05, 0.1) is 23.6 Å². The molecule has 0 unspecified atom stereocenters. The van der Waals surface area contributed by atoms with Crippen molar-refractivity contribution in [1.82, 2.24) is 5.32 Å². The van der Waals surface area contributed by atoms with Crippen LogP contribution in [-0.4, -0.2) is 18.4 Å². The van der Waals surface area contributed by atoms with Crippen molar-refractivity contribution in [3.8, 4) is 5.75 Å². The molecule has 1 atom stereocenters. The van der Waals surface area contributed by atoms with Crippen molar-refractivity contribution in [3.05, 3.63) is 47.9 Å². The van der Waals surface area contributed by atoms with E-state index in [-0.39, 0.29) is 24.5 Å². The van der Waals surface area contributed by atoms with Crippen LogP contribution in [0.15, 0.2) is 41.2 Å². The molecule has 1 aliphatic rings. The van der Waals surface area contributed by atoms with Gasteiger partial charge < -0.3 is 19.8 Å². The van der Waals surface area contributed by atoms with Gasteiger partial charge in [-0.3, -0.25) is 9.59 Å². The molecule has 2 N–H and O–H groups in total. The Kier molecular flexibility index (Phi) is 3.35. The van der Waals surface area contributed by atoms with Gasteiger partial charge in [-0.15, -0.1) is 0 Å². The third-order valence-corrected chi connectivity index (χ3v) is 3.27. The topological polar surface area (TPSA) is 80.6 Å². The third kappa shape index (κ3) is 2.74. The lowest BCUT2D eigenvalue weighted by Crippen LogP contribution is -2.27. The number of carbonyl (C=O) groups is 2. The van der Waals surface area contributed by atoms with Crippen LogP contribution in [-0.2, 0) is 4.79 Å². The summed E-state index contributed by atoms with van der Waals surface area (Å²) >= 11 is 0. The van der Waals surface area contributed by atoms with Crippen LogP contribution in [0.1, 0.15) is 28.9 Å². The van der Waals surface area contributed by atoms with Crippen LogP contribution in [0.5, 0.6) is 5.75 Å². The lowest BCUT2D eigenvalue weighted by Gasteiger charge is -2.20. The van der Waals surface area contributed by atoms with Crippen molar-refractivity contribution >= 4 is 17.5 Å². The number of ether oxygens (including phenoxy) is 1. The van der Waals surface area contributed by atoms with E-state index in [0.717, 1.165) is 5.56 Å². The second kappa shape index (κ2) is 5.32. The summed E-state index contributed by atoms with van der Waals surface area (Å²) in [6.45, 7) is 1.89. The number of amides is 2. The first kappa shape index (κ1) is 13.2. The number of hydrogen-bond acceptors (Lipinski definition) is 4. The Labute approximate surface area is 121 Å². The van der Waals surface area contributed by atoms with Gasteiger partial charge in [0.25, 0.3) is 11.8 Å². The minimum absolute atomic E-state index is 0.0269. The number of fused-ring (bicyclic) bond motifs is 1. The molecule has 0 saturated carbocycles. The molecule has 0 fully saturated rings. The predicted octanol–water partition coefficient (Wildman–Crippen LogP) is 2.10. The van der Waals surface area contributed by atoms with E-state index in [2.05, 4.69) is 10.6 Å². The van der Waals surface area contributed by atoms with Crippen LogP contribution in [0.25, 0.3) is 0 Å². The lowest BCUT2D eigenvalue weighted by molar-refractivity contribution is -0.118. The van der Waals surface area contributed by atoms with E-state index in [1.165, 1.54) is 12.5 Å². The zero-order valence-corrected chi connectivity index (χ0v) is 11.4. The summed E-state index contributed by atoms with van der Waals surface area (Å²) in [6, 6.07) is 6.83. The van der Waals surface area contributed by atoms with Crippen LogP contribution in [0.3, 0.4) is 0 Å². The molecule has 6 heteroatoms. The molecule has 2 amide bonds. The third-order valence-electron chi connectivity index (χ3n) is 3.27. The average Bonchev–Trinajstić information content (AvgIpc) is 3.00. The quantitative estimate of drug-likeness (QED) is 0.905. The van der Waals surface area contributed by atoms with Gasteiger partial charge in [0.1, 0.15) is 12.0 Å². The highest BCUT2D eigenvalue weighted by Gasteiger charge is 2.18. The molecule has 6 nitrogen and oxygen atoms in total. The Morgan fingerprint density at radius 1 is 1.38 bits per heavy atom. The molecule has 0 bridgehead atoms. The number of furan rings is 1. The molecule has 1 aromatic heterocycles. The maximum Gasteiger partial charge on any atom is 0.262 e. The standard InChI is InChI=1S/C15H14N2O4/c1-9(16-15(19)11-4-5-20-7-11)10-2-3-13-12(6-10)17-14(18)8-21-13/h2-7,9H,8H2,1H3,(H,16,19)(H,17,18)/t9-/m1/s1. The van der Waals surface area contributed by atoms with E-state index in [1.807, 2.05) is 13.0 Å². The molecule has 2 heterocycles. The fourth-order valence-corrected chi connectivity index (χ4v) is 2.13. The Bertz CT molecular complexity index is 679. The maximum atomic E-state index is 12.0. The highest BCUT2D eigenvalue weighted by Crippen LogP contribution is 2.30. The first-order valence-corrected chi connectivity index (χ1v) is 6.53. The van der Waals surface area contributed by atoms with Gasteiger partial charge in [-0.1, -0.05) is 6.07 Å². The number of anilines is 1. The van der Waals surface area contributed by atoms with Gasteiger partial charge in [0, 0.05) is 0 Å². The van der Waals surface area contributed by atoms with E-state index in [4.69, 9.17) is 9.15 Å². The fraction of sp³-hybridized carbons (Fsp3) is 0.200. The minimum Gasteiger partial charge on any atom is -0.482 e. The summed E-state index contributed by atoms with van der Waals surface area (Å²) in [7, 11) is 0. The fourth-order valence-electron chi connectivity index (χ4n) is 2.13. The van der Waals surface area contributed by atoms with Crippen LogP contribution in [0.4, 0.5) is 5.69 Å². The van der Waals surface area contributed by atoms with Crippen LogP contribution in [0, 0.1) is 0 Å². The van der Waals surface area contributed by atoms with Gasteiger partial charge >= 0.3 is 0 Å². The van der Waals surface area contributed by atoms with Crippen LogP contribution >= 0.6 is 0 Å². The molecule has 2 aromatic rings. The molecule has 21 heavy (non-hydrogen) atoms. The van der Waals surface area contributed by atoms with Gasteiger partial charge in [-0.05, 0) is 30.7 Å².